The van der Waals surface area contributed by atoms with Crippen molar-refractivity contribution < 1.29 is 24.2 Å². The Hall–Kier alpha value is -1.62. The average molecular weight is 481 g/mol. The van der Waals surface area contributed by atoms with E-state index in [1.807, 2.05) is 6.08 Å². The highest BCUT2D eigenvalue weighted by molar-refractivity contribution is 5.70. The van der Waals surface area contributed by atoms with Gasteiger partial charge in [0.25, 0.3) is 0 Å². The van der Waals surface area contributed by atoms with E-state index in [-0.39, 0.29) is 31.6 Å². The van der Waals surface area contributed by atoms with Crippen LogP contribution in [-0.2, 0) is 19.1 Å². The molecule has 0 aliphatic heterocycles. The maximum atomic E-state index is 11.9. The molecule has 0 aliphatic rings. The fourth-order valence-electron chi connectivity index (χ4n) is 3.60. The van der Waals surface area contributed by atoms with E-state index in [9.17, 15) is 14.7 Å². The number of ether oxygens (including phenoxy) is 2. The number of aliphatic hydroxyl groups is 1. The molecule has 0 bridgehead atoms. The highest BCUT2D eigenvalue weighted by Crippen LogP contribution is 2.10. The lowest BCUT2D eigenvalue weighted by Crippen LogP contribution is -2.28. The van der Waals surface area contributed by atoms with Gasteiger partial charge in [0, 0.05) is 12.8 Å². The van der Waals surface area contributed by atoms with Crippen molar-refractivity contribution in [3.8, 4) is 0 Å². The van der Waals surface area contributed by atoms with Gasteiger partial charge in [0.05, 0.1) is 6.61 Å². The van der Waals surface area contributed by atoms with E-state index in [1.54, 1.807) is 0 Å². The van der Waals surface area contributed by atoms with Crippen molar-refractivity contribution in [2.75, 3.05) is 13.2 Å². The van der Waals surface area contributed by atoms with Gasteiger partial charge in [0.1, 0.15) is 6.61 Å². The highest BCUT2D eigenvalue weighted by Gasteiger charge is 2.15. The molecule has 0 aliphatic carbocycles. The van der Waals surface area contributed by atoms with Crippen LogP contribution in [0.5, 0.6) is 0 Å². The Morgan fingerprint density at radius 3 is 1.85 bits per heavy atom. The number of rotatable bonds is 24. The molecule has 0 saturated heterocycles. The summed E-state index contributed by atoms with van der Waals surface area (Å²) in [6, 6.07) is 0. The molecule has 1 N–H and O–H groups in total. The molecule has 0 radical (unpaired) electrons. The van der Waals surface area contributed by atoms with E-state index in [2.05, 4.69) is 32.1 Å². The molecule has 1 atom stereocenters. The maximum Gasteiger partial charge on any atom is 0.306 e. The van der Waals surface area contributed by atoms with Gasteiger partial charge in [0.15, 0.2) is 6.10 Å². The van der Waals surface area contributed by atoms with Gasteiger partial charge < -0.3 is 14.6 Å². The van der Waals surface area contributed by atoms with Crippen LogP contribution >= 0.6 is 0 Å². The van der Waals surface area contributed by atoms with E-state index >= 15 is 0 Å². The molecule has 0 aromatic carbocycles. The summed E-state index contributed by atoms with van der Waals surface area (Å²) >= 11 is 0. The predicted octanol–water partition coefficient (Wildman–Crippen LogP) is 7.61. The summed E-state index contributed by atoms with van der Waals surface area (Å²) in [5, 5.41) is 9.39. The number of carbonyl (C=O) groups excluding carboxylic acids is 2. The average Bonchev–Trinajstić information content (AvgIpc) is 2.84. The molecule has 0 aromatic rings. The molecule has 0 amide bonds. The minimum absolute atomic E-state index is 0.0943. The molecule has 0 heterocycles. The molecular weight excluding hydrogens is 428 g/mol. The van der Waals surface area contributed by atoms with E-state index in [1.165, 1.54) is 64.2 Å². The van der Waals surface area contributed by atoms with Gasteiger partial charge in [-0.15, -0.1) is 0 Å². The van der Waals surface area contributed by atoms with Crippen molar-refractivity contribution in [3.05, 3.63) is 24.3 Å². The topological polar surface area (TPSA) is 72.8 Å². The molecule has 0 rings (SSSR count). The van der Waals surface area contributed by atoms with Crippen LogP contribution in [0.4, 0.5) is 0 Å². The Balaban J connectivity index is 3.71. The molecule has 1 unspecified atom stereocenters. The maximum absolute atomic E-state index is 11.9. The smallest absolute Gasteiger partial charge is 0.306 e. The number of hydrogen-bond donors (Lipinski definition) is 1. The van der Waals surface area contributed by atoms with Crippen LogP contribution in [0.25, 0.3) is 0 Å². The Bertz CT molecular complexity index is 527. The van der Waals surface area contributed by atoms with Gasteiger partial charge in [-0.25, -0.2) is 0 Å². The lowest BCUT2D eigenvalue weighted by atomic mass is 10.1. The monoisotopic (exact) mass is 480 g/mol. The van der Waals surface area contributed by atoms with Crippen molar-refractivity contribution in [1.29, 1.82) is 0 Å². The summed E-state index contributed by atoms with van der Waals surface area (Å²) in [4.78, 5) is 23.8. The van der Waals surface area contributed by atoms with Gasteiger partial charge in [-0.1, -0.05) is 109 Å². The molecule has 198 valence electrons. The second-order valence-corrected chi connectivity index (χ2v) is 9.12. The normalized spacial score (nSPS) is 12.4. The Morgan fingerprint density at radius 2 is 1.24 bits per heavy atom. The minimum atomic E-state index is -0.784. The second kappa shape index (κ2) is 26.0. The molecule has 0 aromatic heterocycles. The van der Waals surface area contributed by atoms with Gasteiger partial charge in [0.2, 0.25) is 0 Å². The third-order valence-electron chi connectivity index (χ3n) is 5.76. The standard InChI is InChI=1S/C29H52O5/c1-3-5-7-9-11-12-13-14-15-16-18-19-21-23-28(31)33-26-27(25-30)34-29(32)24-22-20-17-10-8-6-4-2/h14-15,18-19,27,30H,3-13,16-17,20-26H2,1-2H3/b15-14+,19-18+. The zero-order valence-corrected chi connectivity index (χ0v) is 22.1. The Labute approximate surface area is 209 Å². The first-order valence-electron chi connectivity index (χ1n) is 13.9. The summed E-state index contributed by atoms with van der Waals surface area (Å²) < 4.78 is 10.4. The lowest BCUT2D eigenvalue weighted by molar-refractivity contribution is -0.161. The lowest BCUT2D eigenvalue weighted by Gasteiger charge is -2.15. The van der Waals surface area contributed by atoms with Gasteiger partial charge in [-0.2, -0.15) is 0 Å². The van der Waals surface area contributed by atoms with Crippen LogP contribution in [0.3, 0.4) is 0 Å². The third-order valence-corrected chi connectivity index (χ3v) is 5.76. The predicted molar refractivity (Wildman–Crippen MR) is 141 cm³/mol. The number of allylic oxidation sites excluding steroid dienone is 4. The van der Waals surface area contributed by atoms with Crippen LogP contribution in [0.1, 0.15) is 129 Å². The zero-order chi connectivity index (χ0) is 25.1. The molecule has 34 heavy (non-hydrogen) atoms. The van der Waals surface area contributed by atoms with Crippen LogP contribution in [-0.4, -0.2) is 36.4 Å². The molecule has 0 fully saturated rings. The summed E-state index contributed by atoms with van der Waals surface area (Å²) in [6.45, 7) is 3.99. The Kier molecular flexibility index (Phi) is 24.8. The first-order chi connectivity index (χ1) is 16.6. The molecule has 0 spiro atoms. The fourth-order valence-corrected chi connectivity index (χ4v) is 3.60. The van der Waals surface area contributed by atoms with Gasteiger partial charge in [-0.3, -0.25) is 9.59 Å². The highest BCUT2D eigenvalue weighted by atomic mass is 16.6. The SMILES string of the molecule is CCCCCCCC/C=C/C/C=C/CCC(=O)OCC(CO)OC(=O)CCCCCCCCC. The number of unbranched alkanes of at least 4 members (excludes halogenated alkanes) is 12. The largest absolute Gasteiger partial charge is 0.462 e. The summed E-state index contributed by atoms with van der Waals surface area (Å²) in [5.41, 5.74) is 0. The van der Waals surface area contributed by atoms with Crippen LogP contribution in [0.2, 0.25) is 0 Å². The Morgan fingerprint density at radius 1 is 0.676 bits per heavy atom. The van der Waals surface area contributed by atoms with E-state index < -0.39 is 6.10 Å². The number of aliphatic hydroxyl groups excluding tert-OH is 1. The van der Waals surface area contributed by atoms with Crippen molar-refractivity contribution in [3.63, 3.8) is 0 Å². The summed E-state index contributed by atoms with van der Waals surface area (Å²) in [6.07, 6.45) is 26.8. The number of hydrogen-bond acceptors (Lipinski definition) is 5. The fraction of sp³-hybridized carbons (Fsp3) is 0.793. The minimum Gasteiger partial charge on any atom is -0.462 e. The van der Waals surface area contributed by atoms with Crippen LogP contribution < -0.4 is 0 Å². The van der Waals surface area contributed by atoms with Crippen LogP contribution in [0, 0.1) is 0 Å². The second-order valence-electron chi connectivity index (χ2n) is 9.12. The molecule has 5 nitrogen and oxygen atoms in total. The van der Waals surface area contributed by atoms with Crippen molar-refractivity contribution in [2.45, 2.75) is 136 Å². The van der Waals surface area contributed by atoms with E-state index in [0.717, 1.165) is 32.1 Å². The number of carbonyl (C=O) groups is 2. The van der Waals surface area contributed by atoms with E-state index in [4.69, 9.17) is 9.47 Å². The first-order valence-corrected chi connectivity index (χ1v) is 13.9. The van der Waals surface area contributed by atoms with Crippen LogP contribution in [0.15, 0.2) is 24.3 Å². The number of esters is 2. The van der Waals surface area contributed by atoms with Gasteiger partial charge in [-0.05, 0) is 32.1 Å². The quantitative estimate of drug-likeness (QED) is 0.0874. The van der Waals surface area contributed by atoms with Crippen molar-refractivity contribution in [2.24, 2.45) is 0 Å². The molecule has 0 saturated carbocycles. The van der Waals surface area contributed by atoms with Crippen molar-refractivity contribution >= 4 is 11.9 Å². The first kappa shape index (κ1) is 32.4. The molecular formula is C29H52O5. The van der Waals surface area contributed by atoms with E-state index in [0.29, 0.717) is 12.8 Å². The third kappa shape index (κ3) is 23.5. The molecule has 5 heteroatoms. The van der Waals surface area contributed by atoms with Crippen molar-refractivity contribution in [1.82, 2.24) is 0 Å². The zero-order valence-electron chi connectivity index (χ0n) is 22.1. The van der Waals surface area contributed by atoms with Gasteiger partial charge >= 0.3 is 11.9 Å². The summed E-state index contributed by atoms with van der Waals surface area (Å²) in [7, 11) is 0. The summed E-state index contributed by atoms with van der Waals surface area (Å²) in [5.74, 6) is -0.680.